The summed E-state index contributed by atoms with van der Waals surface area (Å²) in [6, 6.07) is -1.57. The summed E-state index contributed by atoms with van der Waals surface area (Å²) in [7, 11) is 0. The Balaban J connectivity index is 4.97. The van der Waals surface area contributed by atoms with Crippen molar-refractivity contribution in [1.82, 2.24) is 9.80 Å². The Kier molecular flexibility index (Phi) is 6.64. The molecule has 0 atom stereocenters. The van der Waals surface area contributed by atoms with Crippen LogP contribution in [0, 0.1) is 0 Å². The number of hydrogen-bond donors (Lipinski definition) is 1. The van der Waals surface area contributed by atoms with Gasteiger partial charge >= 0.3 is 18.2 Å². The third kappa shape index (κ3) is 6.88. The van der Waals surface area contributed by atoms with Crippen molar-refractivity contribution < 1.29 is 27.9 Å². The summed E-state index contributed by atoms with van der Waals surface area (Å²) in [5.74, 6) is -1.25. The first-order valence-corrected chi connectivity index (χ1v) is 5.92. The third-order valence-corrected chi connectivity index (χ3v) is 2.31. The van der Waals surface area contributed by atoms with Crippen LogP contribution in [0.5, 0.6) is 0 Å². The van der Waals surface area contributed by atoms with Gasteiger partial charge in [0.1, 0.15) is 13.1 Å². The van der Waals surface area contributed by atoms with Crippen molar-refractivity contribution in [3.8, 4) is 0 Å². The number of nitrogens with zero attached hydrogens (tertiary/aromatic N) is 2. The minimum Gasteiger partial charge on any atom is -0.480 e. The first-order valence-electron chi connectivity index (χ1n) is 5.92. The van der Waals surface area contributed by atoms with Gasteiger partial charge in [0.15, 0.2) is 0 Å². The molecule has 0 unspecified atom stereocenters. The van der Waals surface area contributed by atoms with Crippen LogP contribution in [0.4, 0.5) is 18.0 Å². The Hall–Kier alpha value is -1.47. The van der Waals surface area contributed by atoms with Crippen LogP contribution in [0.25, 0.3) is 0 Å². The van der Waals surface area contributed by atoms with Crippen molar-refractivity contribution >= 4 is 12.0 Å². The molecule has 0 aliphatic carbocycles. The Morgan fingerprint density at radius 3 is 2.11 bits per heavy atom. The molecule has 0 aliphatic heterocycles. The summed E-state index contributed by atoms with van der Waals surface area (Å²) in [5.41, 5.74) is 0. The largest absolute Gasteiger partial charge is 0.480 e. The van der Waals surface area contributed by atoms with Gasteiger partial charge in [-0.15, -0.1) is 0 Å². The standard InChI is InChI=1S/C11H19F3N2O3/c1-4-5-15(6-9(17)18)10(19)16(8(2)3)7-11(12,13)14/h8H,4-7H2,1-3H3,(H,17,18). The maximum Gasteiger partial charge on any atom is 0.406 e. The molecule has 0 aromatic carbocycles. The molecule has 0 rings (SSSR count). The molecule has 1 N–H and O–H groups in total. The van der Waals surface area contributed by atoms with Gasteiger partial charge in [-0.2, -0.15) is 13.2 Å². The van der Waals surface area contributed by atoms with Crippen LogP contribution in [0.15, 0.2) is 0 Å². The summed E-state index contributed by atoms with van der Waals surface area (Å²) in [4.78, 5) is 24.1. The maximum atomic E-state index is 12.4. The topological polar surface area (TPSA) is 60.9 Å². The van der Waals surface area contributed by atoms with Crippen LogP contribution in [-0.2, 0) is 4.79 Å². The fraction of sp³-hybridized carbons (Fsp3) is 0.818. The molecular formula is C11H19F3N2O3. The molecule has 2 amide bonds. The van der Waals surface area contributed by atoms with E-state index in [2.05, 4.69) is 0 Å². The average Bonchev–Trinajstić information content (AvgIpc) is 2.22. The van der Waals surface area contributed by atoms with Gasteiger partial charge in [0, 0.05) is 12.6 Å². The number of carboxylic acids is 1. The highest BCUT2D eigenvalue weighted by molar-refractivity contribution is 5.80. The van der Waals surface area contributed by atoms with Crippen molar-refractivity contribution in [1.29, 1.82) is 0 Å². The quantitative estimate of drug-likeness (QED) is 0.813. The molecule has 0 aromatic rings. The predicted molar refractivity (Wildman–Crippen MR) is 62.8 cm³/mol. The van der Waals surface area contributed by atoms with Gasteiger partial charge in [0.05, 0.1) is 0 Å². The maximum absolute atomic E-state index is 12.4. The van der Waals surface area contributed by atoms with Crippen LogP contribution in [0.1, 0.15) is 27.2 Å². The summed E-state index contributed by atoms with van der Waals surface area (Å²) < 4.78 is 37.2. The molecular weight excluding hydrogens is 265 g/mol. The lowest BCUT2D eigenvalue weighted by molar-refractivity contribution is -0.144. The number of halogens is 3. The Labute approximate surface area is 110 Å². The average molecular weight is 284 g/mol. The molecule has 0 radical (unpaired) electrons. The van der Waals surface area contributed by atoms with Crippen molar-refractivity contribution in [2.24, 2.45) is 0 Å². The molecule has 112 valence electrons. The Morgan fingerprint density at radius 2 is 1.79 bits per heavy atom. The number of amides is 2. The SMILES string of the molecule is CCCN(CC(=O)O)C(=O)N(CC(F)(F)F)C(C)C. The fourth-order valence-corrected chi connectivity index (χ4v) is 1.52. The second-order valence-electron chi connectivity index (χ2n) is 4.43. The van der Waals surface area contributed by atoms with Crippen LogP contribution in [-0.4, -0.2) is 58.8 Å². The van der Waals surface area contributed by atoms with Crippen LogP contribution in [0.3, 0.4) is 0 Å². The molecule has 19 heavy (non-hydrogen) atoms. The van der Waals surface area contributed by atoms with Gasteiger partial charge in [-0.25, -0.2) is 4.79 Å². The monoisotopic (exact) mass is 284 g/mol. The lowest BCUT2D eigenvalue weighted by Crippen LogP contribution is -2.51. The number of alkyl halides is 3. The molecule has 0 fully saturated rings. The molecule has 0 spiro atoms. The minimum absolute atomic E-state index is 0.103. The smallest absolute Gasteiger partial charge is 0.406 e. The summed E-state index contributed by atoms with van der Waals surface area (Å²) in [6.07, 6.45) is -4.04. The van der Waals surface area contributed by atoms with Crippen LogP contribution >= 0.6 is 0 Å². The van der Waals surface area contributed by atoms with E-state index in [1.165, 1.54) is 13.8 Å². The van der Waals surface area contributed by atoms with Gasteiger partial charge < -0.3 is 14.9 Å². The minimum atomic E-state index is -4.51. The van der Waals surface area contributed by atoms with E-state index >= 15 is 0 Å². The highest BCUT2D eigenvalue weighted by Crippen LogP contribution is 2.19. The first-order chi connectivity index (χ1) is 8.58. The molecule has 0 aliphatic rings. The number of carbonyl (C=O) groups is 2. The number of aliphatic carboxylic acids is 1. The second-order valence-corrected chi connectivity index (χ2v) is 4.43. The van der Waals surface area contributed by atoms with Crippen molar-refractivity contribution in [2.75, 3.05) is 19.6 Å². The van der Waals surface area contributed by atoms with E-state index in [1.807, 2.05) is 0 Å². The third-order valence-electron chi connectivity index (χ3n) is 2.31. The van der Waals surface area contributed by atoms with Gasteiger partial charge in [-0.3, -0.25) is 4.79 Å². The second kappa shape index (κ2) is 7.20. The van der Waals surface area contributed by atoms with Crippen molar-refractivity contribution in [3.05, 3.63) is 0 Å². The summed E-state index contributed by atoms with van der Waals surface area (Å²) in [6.45, 7) is 2.73. The zero-order valence-electron chi connectivity index (χ0n) is 11.2. The summed E-state index contributed by atoms with van der Waals surface area (Å²) in [5, 5.41) is 8.68. The molecule has 0 saturated heterocycles. The normalized spacial score (nSPS) is 11.5. The lowest BCUT2D eigenvalue weighted by atomic mass is 10.3. The van der Waals surface area contributed by atoms with Gasteiger partial charge in [-0.1, -0.05) is 6.92 Å². The van der Waals surface area contributed by atoms with Gasteiger partial charge in [-0.05, 0) is 20.3 Å². The van der Waals surface area contributed by atoms with E-state index in [0.29, 0.717) is 11.3 Å². The number of urea groups is 1. The zero-order chi connectivity index (χ0) is 15.2. The first kappa shape index (κ1) is 17.5. The Bertz CT molecular complexity index is 319. The van der Waals surface area contributed by atoms with Crippen molar-refractivity contribution in [3.63, 3.8) is 0 Å². The fourth-order valence-electron chi connectivity index (χ4n) is 1.52. The molecule has 0 bridgehead atoms. The number of hydrogen-bond acceptors (Lipinski definition) is 2. The summed E-state index contributed by atoms with van der Waals surface area (Å²) >= 11 is 0. The van der Waals surface area contributed by atoms with Crippen LogP contribution < -0.4 is 0 Å². The zero-order valence-corrected chi connectivity index (χ0v) is 11.2. The van der Waals surface area contributed by atoms with E-state index in [-0.39, 0.29) is 6.54 Å². The highest BCUT2D eigenvalue weighted by atomic mass is 19.4. The molecule has 0 heterocycles. The molecule has 8 heteroatoms. The molecule has 0 saturated carbocycles. The Morgan fingerprint density at radius 1 is 1.26 bits per heavy atom. The van der Waals surface area contributed by atoms with Crippen molar-refractivity contribution in [2.45, 2.75) is 39.4 Å². The number of carbonyl (C=O) groups excluding carboxylic acids is 1. The lowest BCUT2D eigenvalue weighted by Gasteiger charge is -2.32. The van der Waals surface area contributed by atoms with E-state index in [4.69, 9.17) is 5.11 Å². The van der Waals surface area contributed by atoms with E-state index in [9.17, 15) is 22.8 Å². The van der Waals surface area contributed by atoms with Gasteiger partial charge in [0.2, 0.25) is 0 Å². The molecule has 0 aromatic heterocycles. The van der Waals surface area contributed by atoms with E-state index < -0.39 is 37.3 Å². The molecule has 5 nitrogen and oxygen atoms in total. The highest BCUT2D eigenvalue weighted by Gasteiger charge is 2.36. The number of carboxylic acid groups (broad SMARTS) is 1. The van der Waals surface area contributed by atoms with Crippen LogP contribution in [0.2, 0.25) is 0 Å². The van der Waals surface area contributed by atoms with E-state index in [1.54, 1.807) is 6.92 Å². The van der Waals surface area contributed by atoms with Gasteiger partial charge in [0.25, 0.3) is 0 Å². The van der Waals surface area contributed by atoms with E-state index in [0.717, 1.165) is 4.90 Å². The number of rotatable bonds is 6. The predicted octanol–water partition coefficient (Wildman–Crippen LogP) is 2.18.